The van der Waals surface area contributed by atoms with Gasteiger partial charge in [0.15, 0.2) is 5.75 Å². The number of ether oxygens (including phenoxy) is 1. The van der Waals surface area contributed by atoms with Gasteiger partial charge in [0, 0.05) is 17.7 Å². The first-order chi connectivity index (χ1) is 13.3. The van der Waals surface area contributed by atoms with Crippen LogP contribution in [0.1, 0.15) is 27.2 Å². The molecule has 0 fully saturated rings. The standard InChI is InChI=1S/C20H20N4O4/c1-12-7-13(2)9-16(8-12)23-19(10-14(3)22-23)21-20(25)15-5-6-18(28-4)17(11-15)24(26)27/h5-11H,1-4H3,(H,21,25). The van der Waals surface area contributed by atoms with Crippen LogP contribution < -0.4 is 10.1 Å². The molecule has 0 aliphatic rings. The van der Waals surface area contributed by atoms with Crippen molar-refractivity contribution in [3.8, 4) is 11.4 Å². The average molecular weight is 380 g/mol. The van der Waals surface area contributed by atoms with Crippen LogP contribution in [0.4, 0.5) is 11.5 Å². The van der Waals surface area contributed by atoms with Gasteiger partial charge >= 0.3 is 5.69 Å². The number of nitrogens with one attached hydrogen (secondary N) is 1. The second-order valence-corrected chi connectivity index (χ2v) is 6.53. The van der Waals surface area contributed by atoms with E-state index in [4.69, 9.17) is 4.74 Å². The van der Waals surface area contributed by atoms with E-state index in [0.717, 1.165) is 22.5 Å². The van der Waals surface area contributed by atoms with Crippen LogP contribution in [0.25, 0.3) is 5.69 Å². The fourth-order valence-corrected chi connectivity index (χ4v) is 3.02. The summed E-state index contributed by atoms with van der Waals surface area (Å²) in [6.45, 7) is 5.80. The van der Waals surface area contributed by atoms with Gasteiger partial charge in [0.05, 0.1) is 23.4 Å². The number of methoxy groups -OCH3 is 1. The van der Waals surface area contributed by atoms with Crippen LogP contribution in [0.15, 0.2) is 42.5 Å². The molecule has 0 bridgehead atoms. The molecule has 0 spiro atoms. The van der Waals surface area contributed by atoms with E-state index in [-0.39, 0.29) is 17.0 Å². The molecule has 0 atom stereocenters. The molecule has 8 heteroatoms. The van der Waals surface area contributed by atoms with Crippen molar-refractivity contribution in [1.82, 2.24) is 9.78 Å². The molecule has 8 nitrogen and oxygen atoms in total. The van der Waals surface area contributed by atoms with Crippen molar-refractivity contribution >= 4 is 17.4 Å². The van der Waals surface area contributed by atoms with Gasteiger partial charge < -0.3 is 10.1 Å². The third kappa shape index (κ3) is 3.85. The Bertz CT molecular complexity index is 1050. The predicted octanol–water partition coefficient (Wildman–Crippen LogP) is 3.97. The number of carbonyl (C=O) groups is 1. The number of carbonyl (C=O) groups excluding carboxylic acids is 1. The van der Waals surface area contributed by atoms with Crippen molar-refractivity contribution in [1.29, 1.82) is 0 Å². The number of hydrogen-bond acceptors (Lipinski definition) is 5. The Morgan fingerprint density at radius 3 is 2.39 bits per heavy atom. The monoisotopic (exact) mass is 380 g/mol. The lowest BCUT2D eigenvalue weighted by Gasteiger charge is -2.11. The van der Waals surface area contributed by atoms with E-state index in [9.17, 15) is 14.9 Å². The number of nitro groups is 1. The van der Waals surface area contributed by atoms with Gasteiger partial charge in [0.1, 0.15) is 5.82 Å². The number of nitrogens with zero attached hydrogens (tertiary/aromatic N) is 3. The maximum absolute atomic E-state index is 12.7. The average Bonchev–Trinajstić information content (AvgIpc) is 3.00. The Labute approximate surface area is 161 Å². The Hall–Kier alpha value is -3.68. The minimum Gasteiger partial charge on any atom is -0.490 e. The van der Waals surface area contributed by atoms with E-state index in [1.807, 2.05) is 32.9 Å². The summed E-state index contributed by atoms with van der Waals surface area (Å²) in [5.41, 5.74) is 3.58. The summed E-state index contributed by atoms with van der Waals surface area (Å²) in [5.74, 6) is 0.0971. The fourth-order valence-electron chi connectivity index (χ4n) is 3.02. The molecular weight excluding hydrogens is 360 g/mol. The molecule has 0 aliphatic carbocycles. The molecule has 0 radical (unpaired) electrons. The van der Waals surface area contributed by atoms with Crippen molar-refractivity contribution in [2.75, 3.05) is 12.4 Å². The minimum atomic E-state index is -0.584. The van der Waals surface area contributed by atoms with Gasteiger partial charge in [0.2, 0.25) is 0 Å². The van der Waals surface area contributed by atoms with Crippen LogP contribution in [-0.4, -0.2) is 27.7 Å². The van der Waals surface area contributed by atoms with Crippen molar-refractivity contribution in [2.24, 2.45) is 0 Å². The highest BCUT2D eigenvalue weighted by Gasteiger charge is 2.19. The van der Waals surface area contributed by atoms with Crippen LogP contribution in [0.2, 0.25) is 0 Å². The van der Waals surface area contributed by atoms with Crippen molar-refractivity contribution in [3.05, 3.63) is 75.0 Å². The lowest BCUT2D eigenvalue weighted by atomic mass is 10.1. The zero-order valence-electron chi connectivity index (χ0n) is 16.0. The van der Waals surface area contributed by atoms with E-state index in [1.54, 1.807) is 10.7 Å². The third-order valence-electron chi connectivity index (χ3n) is 4.16. The fraction of sp³-hybridized carbons (Fsp3) is 0.200. The number of benzene rings is 2. The molecule has 0 saturated carbocycles. The number of anilines is 1. The SMILES string of the molecule is COc1ccc(C(=O)Nc2cc(C)nn2-c2cc(C)cc(C)c2)cc1[N+](=O)[O-]. The van der Waals surface area contributed by atoms with E-state index in [2.05, 4.69) is 16.5 Å². The second kappa shape index (κ2) is 7.51. The number of hydrogen-bond donors (Lipinski definition) is 1. The van der Waals surface area contributed by atoms with Crippen LogP contribution in [0.5, 0.6) is 5.75 Å². The second-order valence-electron chi connectivity index (χ2n) is 6.53. The summed E-state index contributed by atoms with van der Waals surface area (Å²) in [7, 11) is 1.34. The maximum atomic E-state index is 12.7. The Morgan fingerprint density at radius 1 is 1.11 bits per heavy atom. The van der Waals surface area contributed by atoms with Crippen LogP contribution in [0, 0.1) is 30.9 Å². The number of aryl methyl sites for hydroxylation is 3. The van der Waals surface area contributed by atoms with Crippen molar-refractivity contribution < 1.29 is 14.5 Å². The molecular formula is C20H20N4O4. The highest BCUT2D eigenvalue weighted by Crippen LogP contribution is 2.28. The molecule has 2 aromatic carbocycles. The van der Waals surface area contributed by atoms with Gasteiger partial charge in [-0.25, -0.2) is 4.68 Å². The minimum absolute atomic E-state index is 0.0951. The number of rotatable bonds is 5. The van der Waals surface area contributed by atoms with Gasteiger partial charge in [-0.3, -0.25) is 14.9 Å². The first-order valence-corrected chi connectivity index (χ1v) is 8.57. The summed E-state index contributed by atoms with van der Waals surface area (Å²) in [6.07, 6.45) is 0. The highest BCUT2D eigenvalue weighted by atomic mass is 16.6. The molecule has 28 heavy (non-hydrogen) atoms. The van der Waals surface area contributed by atoms with Gasteiger partial charge in [-0.15, -0.1) is 0 Å². The van der Waals surface area contributed by atoms with Crippen molar-refractivity contribution in [2.45, 2.75) is 20.8 Å². The first kappa shape index (κ1) is 19.1. The molecule has 0 saturated heterocycles. The maximum Gasteiger partial charge on any atom is 0.311 e. The first-order valence-electron chi connectivity index (χ1n) is 8.57. The van der Waals surface area contributed by atoms with Crippen LogP contribution in [-0.2, 0) is 0 Å². The van der Waals surface area contributed by atoms with E-state index >= 15 is 0 Å². The molecule has 3 aromatic rings. The Kier molecular flexibility index (Phi) is 5.12. The topological polar surface area (TPSA) is 99.3 Å². The number of nitro benzene ring substituents is 1. The van der Waals surface area contributed by atoms with Crippen molar-refractivity contribution in [3.63, 3.8) is 0 Å². The summed E-state index contributed by atoms with van der Waals surface area (Å²) in [6, 6.07) is 11.8. The lowest BCUT2D eigenvalue weighted by molar-refractivity contribution is -0.385. The highest BCUT2D eigenvalue weighted by molar-refractivity contribution is 6.04. The van der Waals surface area contributed by atoms with Crippen LogP contribution >= 0.6 is 0 Å². The normalized spacial score (nSPS) is 10.6. The quantitative estimate of drug-likeness (QED) is 0.533. The number of aromatic nitrogens is 2. The zero-order valence-corrected chi connectivity index (χ0v) is 16.0. The zero-order chi connectivity index (χ0) is 20.4. The molecule has 0 aliphatic heterocycles. The Balaban J connectivity index is 1.96. The summed E-state index contributed by atoms with van der Waals surface area (Å²) < 4.78 is 6.62. The lowest BCUT2D eigenvalue weighted by Crippen LogP contribution is -2.15. The predicted molar refractivity (Wildman–Crippen MR) is 105 cm³/mol. The largest absolute Gasteiger partial charge is 0.490 e. The smallest absolute Gasteiger partial charge is 0.311 e. The van der Waals surface area contributed by atoms with Gasteiger partial charge in [-0.2, -0.15) is 5.10 Å². The molecule has 1 N–H and O–H groups in total. The number of amides is 1. The summed E-state index contributed by atoms with van der Waals surface area (Å²) in [4.78, 5) is 23.3. The van der Waals surface area contributed by atoms with E-state index in [1.165, 1.54) is 25.3 Å². The molecule has 0 unspecified atom stereocenters. The molecule has 3 rings (SSSR count). The van der Waals surface area contributed by atoms with E-state index < -0.39 is 10.8 Å². The van der Waals surface area contributed by atoms with Crippen LogP contribution in [0.3, 0.4) is 0 Å². The van der Waals surface area contributed by atoms with E-state index in [0.29, 0.717) is 5.82 Å². The third-order valence-corrected chi connectivity index (χ3v) is 4.16. The molecule has 1 amide bonds. The van der Waals surface area contributed by atoms with Gasteiger partial charge in [-0.1, -0.05) is 6.07 Å². The molecule has 1 heterocycles. The molecule has 144 valence electrons. The molecule has 1 aromatic heterocycles. The summed E-state index contributed by atoms with van der Waals surface area (Å²) in [5, 5.41) is 18.4. The summed E-state index contributed by atoms with van der Waals surface area (Å²) >= 11 is 0. The van der Waals surface area contributed by atoms with Gasteiger partial charge in [0.25, 0.3) is 5.91 Å². The Morgan fingerprint density at radius 2 is 1.79 bits per heavy atom. The van der Waals surface area contributed by atoms with Gasteiger partial charge in [-0.05, 0) is 56.2 Å².